The van der Waals surface area contributed by atoms with Gasteiger partial charge in [0, 0.05) is 12.1 Å². The summed E-state index contributed by atoms with van der Waals surface area (Å²) in [6.45, 7) is 3.80. The third-order valence-electron chi connectivity index (χ3n) is 4.26. The molecule has 1 heterocycles. The minimum atomic E-state index is -1.02. The van der Waals surface area contributed by atoms with Crippen LogP contribution < -0.4 is 9.47 Å². The zero-order valence-electron chi connectivity index (χ0n) is 16.2. The molecule has 0 aliphatic carbocycles. The van der Waals surface area contributed by atoms with Gasteiger partial charge in [0.05, 0.1) is 17.6 Å². The number of carbonyl (C=O) groups excluding carboxylic acids is 2. The normalized spacial score (nSPS) is 14.8. The number of carbonyl (C=O) groups is 3. The van der Waals surface area contributed by atoms with Gasteiger partial charge < -0.3 is 14.6 Å². The van der Waals surface area contributed by atoms with Crippen molar-refractivity contribution in [2.24, 2.45) is 0 Å². The highest BCUT2D eigenvalue weighted by Gasteiger charge is 2.34. The number of benzene rings is 2. The van der Waals surface area contributed by atoms with Gasteiger partial charge >= 0.3 is 5.97 Å². The second-order valence-corrected chi connectivity index (χ2v) is 7.25. The van der Waals surface area contributed by atoms with Crippen molar-refractivity contribution in [2.45, 2.75) is 6.61 Å². The lowest BCUT2D eigenvalue weighted by atomic mass is 10.1. The third kappa shape index (κ3) is 4.55. The number of methoxy groups -OCH3 is 1. The minimum absolute atomic E-state index is 0.0975. The predicted octanol–water partition coefficient (Wildman–Crippen LogP) is 4.19. The Morgan fingerprint density at radius 2 is 2.00 bits per heavy atom. The predicted molar refractivity (Wildman–Crippen MR) is 114 cm³/mol. The quantitative estimate of drug-likeness (QED) is 0.501. The van der Waals surface area contributed by atoms with Crippen LogP contribution in [0.2, 0.25) is 0 Å². The van der Waals surface area contributed by atoms with Crippen LogP contribution in [0.15, 0.2) is 60.0 Å². The van der Waals surface area contributed by atoms with Gasteiger partial charge in [-0.25, -0.2) is 4.79 Å². The van der Waals surface area contributed by atoms with Crippen molar-refractivity contribution in [2.75, 3.05) is 13.7 Å². The summed E-state index contributed by atoms with van der Waals surface area (Å²) in [5.74, 6) is -0.586. The molecule has 1 aliphatic heterocycles. The second kappa shape index (κ2) is 9.32. The molecule has 30 heavy (non-hydrogen) atoms. The Morgan fingerprint density at radius 1 is 1.23 bits per heavy atom. The van der Waals surface area contributed by atoms with Crippen LogP contribution in [0, 0.1) is 0 Å². The number of nitrogens with zero attached hydrogens (tertiary/aromatic N) is 1. The van der Waals surface area contributed by atoms with Gasteiger partial charge in [-0.2, -0.15) is 0 Å². The molecule has 8 heteroatoms. The number of hydrogen-bond donors (Lipinski definition) is 1. The van der Waals surface area contributed by atoms with Crippen molar-refractivity contribution in [3.05, 3.63) is 76.7 Å². The summed E-state index contributed by atoms with van der Waals surface area (Å²) in [5, 5.41) is 8.79. The van der Waals surface area contributed by atoms with E-state index in [1.165, 1.54) is 25.3 Å². The number of rotatable bonds is 8. The molecule has 0 unspecified atom stereocenters. The van der Waals surface area contributed by atoms with Gasteiger partial charge in [-0.1, -0.05) is 30.3 Å². The minimum Gasteiger partial charge on any atom is -0.493 e. The van der Waals surface area contributed by atoms with Crippen LogP contribution in [-0.2, 0) is 11.4 Å². The van der Waals surface area contributed by atoms with E-state index in [-0.39, 0.29) is 28.9 Å². The fourth-order valence-corrected chi connectivity index (χ4v) is 3.68. The summed E-state index contributed by atoms with van der Waals surface area (Å²) in [7, 11) is 1.50. The summed E-state index contributed by atoms with van der Waals surface area (Å²) in [6.07, 6.45) is 3.07. The smallest absolute Gasteiger partial charge is 0.335 e. The molecule has 2 aromatic rings. The molecule has 2 aromatic carbocycles. The van der Waals surface area contributed by atoms with E-state index in [1.54, 1.807) is 36.4 Å². The van der Waals surface area contributed by atoms with Crippen molar-refractivity contribution >= 4 is 35.0 Å². The van der Waals surface area contributed by atoms with Crippen molar-refractivity contribution in [3.63, 3.8) is 0 Å². The molecule has 0 saturated carbocycles. The van der Waals surface area contributed by atoms with E-state index >= 15 is 0 Å². The zero-order chi connectivity index (χ0) is 21.7. The first-order chi connectivity index (χ1) is 14.4. The standard InChI is InChI=1S/C22H19NO6S/c1-3-10-23-20(24)18(30-22(23)27)12-15-7-5-9-17(28-2)19(15)29-13-14-6-4-8-16(11-14)21(25)26/h3-9,11-12H,1,10,13H2,2H3,(H,25,26)/b18-12+. The Morgan fingerprint density at radius 3 is 2.70 bits per heavy atom. The van der Waals surface area contributed by atoms with Gasteiger partial charge in [-0.05, 0) is 41.6 Å². The molecule has 154 valence electrons. The van der Waals surface area contributed by atoms with E-state index in [2.05, 4.69) is 6.58 Å². The molecule has 0 atom stereocenters. The van der Waals surface area contributed by atoms with Gasteiger partial charge in [0.1, 0.15) is 6.61 Å². The van der Waals surface area contributed by atoms with Crippen molar-refractivity contribution < 1.29 is 29.0 Å². The van der Waals surface area contributed by atoms with Crippen LogP contribution >= 0.6 is 11.8 Å². The van der Waals surface area contributed by atoms with Crippen molar-refractivity contribution in [1.29, 1.82) is 0 Å². The number of carboxylic acids is 1. The van der Waals surface area contributed by atoms with E-state index in [0.29, 0.717) is 22.6 Å². The maximum atomic E-state index is 12.5. The second-order valence-electron chi connectivity index (χ2n) is 6.25. The zero-order valence-corrected chi connectivity index (χ0v) is 17.0. The topological polar surface area (TPSA) is 93.1 Å². The number of ether oxygens (including phenoxy) is 2. The molecule has 0 spiro atoms. The average molecular weight is 425 g/mol. The number of thioether (sulfide) groups is 1. The van der Waals surface area contributed by atoms with Crippen LogP contribution in [0.1, 0.15) is 21.5 Å². The highest BCUT2D eigenvalue weighted by Crippen LogP contribution is 2.37. The van der Waals surface area contributed by atoms with Crippen molar-refractivity contribution in [3.8, 4) is 11.5 Å². The molecule has 2 amide bonds. The average Bonchev–Trinajstić information content (AvgIpc) is 3.00. The summed E-state index contributed by atoms with van der Waals surface area (Å²) in [6, 6.07) is 11.6. The lowest BCUT2D eigenvalue weighted by molar-refractivity contribution is -0.122. The summed E-state index contributed by atoms with van der Waals surface area (Å²) >= 11 is 0.847. The van der Waals surface area contributed by atoms with Gasteiger partial charge in [0.25, 0.3) is 11.1 Å². The number of aromatic carboxylic acids is 1. The maximum Gasteiger partial charge on any atom is 0.335 e. The summed E-state index contributed by atoms with van der Waals surface area (Å²) in [4.78, 5) is 37.1. The Balaban J connectivity index is 1.90. The summed E-state index contributed by atoms with van der Waals surface area (Å²) < 4.78 is 11.3. The van der Waals surface area contributed by atoms with Gasteiger partial charge in [0.15, 0.2) is 11.5 Å². The highest BCUT2D eigenvalue weighted by molar-refractivity contribution is 8.18. The first kappa shape index (κ1) is 21.2. The van der Waals surface area contributed by atoms with E-state index < -0.39 is 11.9 Å². The van der Waals surface area contributed by atoms with E-state index in [4.69, 9.17) is 14.6 Å². The molecule has 1 fully saturated rings. The number of amides is 2. The van der Waals surface area contributed by atoms with Crippen LogP contribution in [-0.4, -0.2) is 40.8 Å². The lowest BCUT2D eigenvalue weighted by Gasteiger charge is -2.14. The molecule has 0 radical (unpaired) electrons. The third-order valence-corrected chi connectivity index (χ3v) is 5.17. The number of imide groups is 1. The van der Waals surface area contributed by atoms with Crippen LogP contribution in [0.3, 0.4) is 0 Å². The fourth-order valence-electron chi connectivity index (χ4n) is 2.84. The molecule has 0 bridgehead atoms. The molecule has 1 saturated heterocycles. The maximum absolute atomic E-state index is 12.5. The molecular formula is C22H19NO6S. The molecule has 7 nitrogen and oxygen atoms in total. The van der Waals surface area contributed by atoms with E-state index in [9.17, 15) is 14.4 Å². The Kier molecular flexibility index (Phi) is 6.58. The highest BCUT2D eigenvalue weighted by atomic mass is 32.2. The van der Waals surface area contributed by atoms with Crippen LogP contribution in [0.25, 0.3) is 6.08 Å². The molecule has 1 N–H and O–H groups in total. The first-order valence-electron chi connectivity index (χ1n) is 8.93. The lowest BCUT2D eigenvalue weighted by Crippen LogP contribution is -2.27. The fraction of sp³-hybridized carbons (Fsp3) is 0.136. The molecule has 0 aromatic heterocycles. The monoisotopic (exact) mass is 425 g/mol. The number of hydrogen-bond acceptors (Lipinski definition) is 6. The number of para-hydroxylation sites is 1. The number of carboxylic acid groups (broad SMARTS) is 1. The van der Waals surface area contributed by atoms with Crippen LogP contribution in [0.5, 0.6) is 11.5 Å². The molecular weight excluding hydrogens is 406 g/mol. The van der Waals surface area contributed by atoms with E-state index in [0.717, 1.165) is 16.7 Å². The Labute approximate surface area is 177 Å². The van der Waals surface area contributed by atoms with Gasteiger partial charge in [0.2, 0.25) is 0 Å². The van der Waals surface area contributed by atoms with Gasteiger partial charge in [-0.15, -0.1) is 6.58 Å². The van der Waals surface area contributed by atoms with Crippen LogP contribution in [0.4, 0.5) is 4.79 Å². The SMILES string of the molecule is C=CCN1C(=O)S/C(=C/c2cccc(OC)c2OCc2cccc(C(=O)O)c2)C1=O. The largest absolute Gasteiger partial charge is 0.493 e. The Hall–Kier alpha value is -3.52. The molecule has 1 aliphatic rings. The first-order valence-corrected chi connectivity index (χ1v) is 9.74. The van der Waals surface area contributed by atoms with Crippen molar-refractivity contribution in [1.82, 2.24) is 4.90 Å². The summed E-state index contributed by atoms with van der Waals surface area (Å²) in [5.41, 5.74) is 1.39. The molecule has 3 rings (SSSR count). The van der Waals surface area contributed by atoms with Gasteiger partial charge in [-0.3, -0.25) is 14.5 Å². The Bertz CT molecular complexity index is 1050. The van der Waals surface area contributed by atoms with E-state index in [1.807, 2.05) is 0 Å².